The Morgan fingerprint density at radius 2 is 1.85 bits per heavy atom. The minimum Gasteiger partial charge on any atom is -0.353 e. The van der Waals surface area contributed by atoms with Crippen LogP contribution < -0.4 is 5.32 Å². The Morgan fingerprint density at radius 1 is 1.07 bits per heavy atom. The number of pyridine rings is 1. The van der Waals surface area contributed by atoms with E-state index in [-0.39, 0.29) is 11.9 Å². The van der Waals surface area contributed by atoms with Gasteiger partial charge in [-0.3, -0.25) is 9.78 Å². The Kier molecular flexibility index (Phi) is 5.12. The lowest BCUT2D eigenvalue weighted by Gasteiger charge is -2.18. The van der Waals surface area contributed by atoms with Crippen LogP contribution in [0.2, 0.25) is 0 Å². The van der Waals surface area contributed by atoms with Crippen molar-refractivity contribution in [1.29, 1.82) is 0 Å². The van der Waals surface area contributed by atoms with Crippen molar-refractivity contribution in [2.45, 2.75) is 18.7 Å². The molecule has 4 aromatic rings. The molecule has 0 radical (unpaired) electrons. The maximum absolute atomic E-state index is 11.8. The fourth-order valence-electron chi connectivity index (χ4n) is 3.36. The highest BCUT2D eigenvalue weighted by atomic mass is 32.2. The van der Waals surface area contributed by atoms with Crippen LogP contribution in [0.25, 0.3) is 21.8 Å². The lowest BCUT2D eigenvalue weighted by atomic mass is 10.1. The van der Waals surface area contributed by atoms with E-state index < -0.39 is 0 Å². The van der Waals surface area contributed by atoms with Gasteiger partial charge in [0.05, 0.1) is 17.3 Å². The van der Waals surface area contributed by atoms with E-state index >= 15 is 0 Å². The lowest BCUT2D eigenvalue weighted by molar-refractivity contribution is -0.119. The van der Waals surface area contributed by atoms with Gasteiger partial charge in [0.1, 0.15) is 0 Å². The second-order valence-corrected chi connectivity index (χ2v) is 7.57. The number of amides is 1. The number of thioether (sulfide) groups is 1. The maximum atomic E-state index is 11.8. The number of hydrogen-bond acceptors (Lipinski definition) is 3. The molecule has 0 aliphatic heterocycles. The van der Waals surface area contributed by atoms with Crippen molar-refractivity contribution in [3.63, 3.8) is 0 Å². The average molecular weight is 375 g/mol. The molecule has 136 valence electrons. The zero-order chi connectivity index (χ0) is 18.6. The normalized spacial score (nSPS) is 12.3. The molecule has 0 fully saturated rings. The fourth-order valence-corrected chi connectivity index (χ4v) is 4.39. The Labute approximate surface area is 162 Å². The molecule has 0 saturated carbocycles. The first-order valence-corrected chi connectivity index (χ1v) is 10.1. The third-order valence-electron chi connectivity index (χ3n) is 4.56. The molecule has 0 aliphatic carbocycles. The summed E-state index contributed by atoms with van der Waals surface area (Å²) in [4.78, 5) is 19.9. The molecule has 0 saturated heterocycles. The van der Waals surface area contributed by atoms with Crippen LogP contribution in [0.3, 0.4) is 0 Å². The highest BCUT2D eigenvalue weighted by Crippen LogP contribution is 2.30. The van der Waals surface area contributed by atoms with Crippen LogP contribution in [-0.2, 0) is 10.5 Å². The molecule has 27 heavy (non-hydrogen) atoms. The predicted octanol–water partition coefficient (Wildman–Crippen LogP) is 4.83. The molecule has 1 amide bonds. The number of carbonyl (C=O) groups excluding carboxylic acids is 1. The van der Waals surface area contributed by atoms with Gasteiger partial charge in [0.25, 0.3) is 0 Å². The van der Waals surface area contributed by atoms with Crippen molar-refractivity contribution in [2.24, 2.45) is 0 Å². The van der Waals surface area contributed by atoms with Gasteiger partial charge >= 0.3 is 0 Å². The zero-order valence-electron chi connectivity index (χ0n) is 15.1. The summed E-state index contributed by atoms with van der Waals surface area (Å²) >= 11 is 1.80. The highest BCUT2D eigenvalue weighted by Gasteiger charge is 2.19. The third-order valence-corrected chi connectivity index (χ3v) is 5.67. The standard InChI is InChI=1S/C22H21N3OS/c1-15(26)24-20(14-27-13-16-7-3-2-4-8-16)22-21-18(11-12-23-22)17-9-5-6-10-19(17)25-21/h2-12,20,25H,13-14H2,1H3,(H,24,26). The predicted molar refractivity (Wildman–Crippen MR) is 113 cm³/mol. The number of aromatic amines is 1. The van der Waals surface area contributed by atoms with Gasteiger partial charge < -0.3 is 10.3 Å². The monoisotopic (exact) mass is 375 g/mol. The first kappa shape index (κ1) is 17.6. The topological polar surface area (TPSA) is 57.8 Å². The molecule has 2 aromatic carbocycles. The molecule has 4 nitrogen and oxygen atoms in total. The number of aromatic nitrogens is 2. The Hall–Kier alpha value is -2.79. The van der Waals surface area contributed by atoms with E-state index in [2.05, 4.69) is 39.6 Å². The zero-order valence-corrected chi connectivity index (χ0v) is 15.9. The van der Waals surface area contributed by atoms with Crippen molar-refractivity contribution < 1.29 is 4.79 Å². The Balaban J connectivity index is 1.64. The number of carbonyl (C=O) groups is 1. The molecule has 0 spiro atoms. The van der Waals surface area contributed by atoms with Crippen LogP contribution in [0, 0.1) is 0 Å². The van der Waals surface area contributed by atoms with Crippen LogP contribution in [0.1, 0.15) is 24.2 Å². The quantitative estimate of drug-likeness (QED) is 0.508. The summed E-state index contributed by atoms with van der Waals surface area (Å²) in [6.07, 6.45) is 1.83. The van der Waals surface area contributed by atoms with E-state index in [1.165, 1.54) is 10.9 Å². The Bertz CT molecular complexity index is 1070. The van der Waals surface area contributed by atoms with Gasteiger partial charge in [-0.2, -0.15) is 11.8 Å². The number of nitrogens with one attached hydrogen (secondary N) is 2. The van der Waals surface area contributed by atoms with E-state index in [0.29, 0.717) is 0 Å². The number of benzene rings is 2. The van der Waals surface area contributed by atoms with E-state index in [0.717, 1.165) is 33.6 Å². The highest BCUT2D eigenvalue weighted by molar-refractivity contribution is 7.98. The van der Waals surface area contributed by atoms with E-state index in [9.17, 15) is 4.79 Å². The molecule has 0 aliphatic rings. The van der Waals surface area contributed by atoms with Crippen LogP contribution in [0.15, 0.2) is 66.9 Å². The van der Waals surface area contributed by atoms with E-state index in [4.69, 9.17) is 0 Å². The summed E-state index contributed by atoms with van der Waals surface area (Å²) in [5.41, 5.74) is 4.25. The molecule has 0 bridgehead atoms. The molecule has 2 N–H and O–H groups in total. The van der Waals surface area contributed by atoms with Gasteiger partial charge in [-0.25, -0.2) is 0 Å². The van der Waals surface area contributed by atoms with Crippen LogP contribution >= 0.6 is 11.8 Å². The van der Waals surface area contributed by atoms with Crippen molar-refractivity contribution in [1.82, 2.24) is 15.3 Å². The molecule has 2 heterocycles. The first-order chi connectivity index (χ1) is 13.2. The summed E-state index contributed by atoms with van der Waals surface area (Å²) in [5.74, 6) is 1.62. The van der Waals surface area contributed by atoms with Crippen molar-refractivity contribution >= 4 is 39.5 Å². The number of H-pyrrole nitrogens is 1. The van der Waals surface area contributed by atoms with Crippen molar-refractivity contribution in [2.75, 3.05) is 5.75 Å². The average Bonchev–Trinajstić information content (AvgIpc) is 3.06. The van der Waals surface area contributed by atoms with Crippen LogP contribution in [0.5, 0.6) is 0 Å². The van der Waals surface area contributed by atoms with E-state index in [1.807, 2.05) is 42.6 Å². The first-order valence-electron chi connectivity index (χ1n) is 8.96. The summed E-state index contributed by atoms with van der Waals surface area (Å²) in [6.45, 7) is 1.56. The number of rotatable bonds is 6. The van der Waals surface area contributed by atoms with Gasteiger partial charge in [0, 0.05) is 40.9 Å². The third kappa shape index (κ3) is 3.83. The summed E-state index contributed by atoms with van der Waals surface area (Å²) < 4.78 is 0. The molecule has 1 unspecified atom stereocenters. The number of nitrogens with zero attached hydrogens (tertiary/aromatic N) is 1. The largest absolute Gasteiger partial charge is 0.353 e. The minimum atomic E-state index is -0.145. The molecule has 4 rings (SSSR count). The number of para-hydroxylation sites is 1. The maximum Gasteiger partial charge on any atom is 0.217 e. The van der Waals surface area contributed by atoms with Gasteiger partial charge in [0.15, 0.2) is 0 Å². The summed E-state index contributed by atoms with van der Waals surface area (Å²) in [5, 5.41) is 5.39. The van der Waals surface area contributed by atoms with Gasteiger partial charge in [-0.1, -0.05) is 48.5 Å². The smallest absolute Gasteiger partial charge is 0.217 e. The second-order valence-electron chi connectivity index (χ2n) is 6.54. The van der Waals surface area contributed by atoms with Crippen LogP contribution in [-0.4, -0.2) is 21.6 Å². The minimum absolute atomic E-state index is 0.0461. The van der Waals surface area contributed by atoms with Gasteiger partial charge in [0.2, 0.25) is 5.91 Å². The fraction of sp³-hybridized carbons (Fsp3) is 0.182. The van der Waals surface area contributed by atoms with Crippen molar-refractivity contribution in [3.05, 3.63) is 78.1 Å². The molecule has 1 atom stereocenters. The second kappa shape index (κ2) is 7.84. The number of fused-ring (bicyclic) bond motifs is 3. The lowest BCUT2D eigenvalue weighted by Crippen LogP contribution is -2.28. The molecule has 2 aromatic heterocycles. The van der Waals surface area contributed by atoms with Crippen LogP contribution in [0.4, 0.5) is 0 Å². The van der Waals surface area contributed by atoms with Crippen molar-refractivity contribution in [3.8, 4) is 0 Å². The van der Waals surface area contributed by atoms with E-state index in [1.54, 1.807) is 18.7 Å². The molecular formula is C22H21N3OS. The number of hydrogen-bond donors (Lipinski definition) is 2. The molecular weight excluding hydrogens is 354 g/mol. The SMILES string of the molecule is CC(=O)NC(CSCc1ccccc1)c1nccc2c1[nH]c1ccccc12. The Morgan fingerprint density at radius 3 is 2.67 bits per heavy atom. The summed E-state index contributed by atoms with van der Waals surface area (Å²) in [6, 6.07) is 20.5. The van der Waals surface area contributed by atoms with Gasteiger partial charge in [-0.05, 0) is 17.7 Å². The summed E-state index contributed by atoms with van der Waals surface area (Å²) in [7, 11) is 0. The van der Waals surface area contributed by atoms with Gasteiger partial charge in [-0.15, -0.1) is 0 Å². The molecule has 5 heteroatoms.